The molecular formula is C12H21NO5S2. The van der Waals surface area contributed by atoms with E-state index in [1.165, 1.54) is 0 Å². The van der Waals surface area contributed by atoms with E-state index in [4.69, 9.17) is 14.6 Å². The molecule has 0 unspecified atom stereocenters. The minimum Gasteiger partial charge on any atom is -0.391 e. The van der Waals surface area contributed by atoms with Crippen molar-refractivity contribution in [3.63, 3.8) is 0 Å². The summed E-state index contributed by atoms with van der Waals surface area (Å²) in [5.74, 6) is 0. The molecule has 0 saturated carbocycles. The second-order valence-electron chi connectivity index (χ2n) is 4.19. The van der Waals surface area contributed by atoms with Crippen LogP contribution in [0.15, 0.2) is 10.3 Å². The summed E-state index contributed by atoms with van der Waals surface area (Å²) in [7, 11) is -1.89. The lowest BCUT2D eigenvalue weighted by atomic mass is 10.3. The fourth-order valence-corrected chi connectivity index (χ4v) is 4.04. The Morgan fingerprint density at radius 3 is 2.70 bits per heavy atom. The van der Waals surface area contributed by atoms with Crippen LogP contribution >= 0.6 is 11.3 Å². The minimum atomic E-state index is -3.49. The molecule has 0 radical (unpaired) electrons. The molecule has 0 atom stereocenters. The summed E-state index contributed by atoms with van der Waals surface area (Å²) < 4.78 is 36.8. The Morgan fingerprint density at radius 2 is 2.10 bits per heavy atom. The second kappa shape index (κ2) is 8.71. The molecule has 6 nitrogen and oxygen atoms in total. The first kappa shape index (κ1) is 17.5. The van der Waals surface area contributed by atoms with Crippen molar-refractivity contribution in [2.45, 2.75) is 24.2 Å². The van der Waals surface area contributed by atoms with E-state index in [1.54, 1.807) is 20.1 Å². The molecule has 2 N–H and O–H groups in total. The summed E-state index contributed by atoms with van der Waals surface area (Å²) in [5.41, 5.74) is 0.792. The maximum Gasteiger partial charge on any atom is 0.250 e. The van der Waals surface area contributed by atoms with Crippen molar-refractivity contribution >= 4 is 21.4 Å². The standard InChI is InChI=1S/C12H21NO5S2/c1-10-8-12(19-11(10)9-14)20(15,16)13-4-3-5-18-7-6-17-2/h8,13-14H,3-7,9H2,1-2H3. The number of sulfonamides is 1. The largest absolute Gasteiger partial charge is 0.391 e. The highest BCUT2D eigenvalue weighted by Crippen LogP contribution is 2.25. The van der Waals surface area contributed by atoms with Crippen molar-refractivity contribution in [1.82, 2.24) is 4.72 Å². The van der Waals surface area contributed by atoms with E-state index in [9.17, 15) is 8.42 Å². The monoisotopic (exact) mass is 323 g/mol. The number of nitrogens with one attached hydrogen (secondary N) is 1. The van der Waals surface area contributed by atoms with Crippen LogP contribution in [0, 0.1) is 6.92 Å². The van der Waals surface area contributed by atoms with Crippen molar-refractivity contribution in [3.8, 4) is 0 Å². The van der Waals surface area contributed by atoms with Gasteiger partial charge in [0.15, 0.2) is 0 Å². The zero-order valence-corrected chi connectivity index (χ0v) is 13.3. The molecule has 1 rings (SSSR count). The van der Waals surface area contributed by atoms with E-state index < -0.39 is 10.0 Å². The maximum absolute atomic E-state index is 12.0. The first-order valence-electron chi connectivity index (χ1n) is 6.27. The van der Waals surface area contributed by atoms with Gasteiger partial charge in [-0.15, -0.1) is 11.3 Å². The fraction of sp³-hybridized carbons (Fsp3) is 0.667. The third-order valence-corrected chi connectivity index (χ3v) is 5.75. The van der Waals surface area contributed by atoms with E-state index in [0.717, 1.165) is 16.9 Å². The van der Waals surface area contributed by atoms with Gasteiger partial charge in [0, 0.05) is 25.1 Å². The number of ether oxygens (including phenoxy) is 2. The molecule has 0 aliphatic carbocycles. The molecule has 1 heterocycles. The van der Waals surface area contributed by atoms with Gasteiger partial charge in [-0.05, 0) is 25.0 Å². The van der Waals surface area contributed by atoms with Crippen LogP contribution in [0.3, 0.4) is 0 Å². The van der Waals surface area contributed by atoms with Gasteiger partial charge in [-0.3, -0.25) is 0 Å². The van der Waals surface area contributed by atoms with E-state index >= 15 is 0 Å². The number of thiophene rings is 1. The van der Waals surface area contributed by atoms with Crippen molar-refractivity contribution in [2.75, 3.05) is 33.5 Å². The predicted octanol–water partition coefficient (Wildman–Crippen LogP) is 0.880. The average molecular weight is 323 g/mol. The fourth-order valence-electron chi connectivity index (χ4n) is 1.47. The van der Waals surface area contributed by atoms with E-state index in [-0.39, 0.29) is 10.8 Å². The molecule has 0 aliphatic heterocycles. The highest BCUT2D eigenvalue weighted by molar-refractivity contribution is 7.91. The van der Waals surface area contributed by atoms with Crippen LogP contribution in [0.25, 0.3) is 0 Å². The number of aliphatic hydroxyl groups excluding tert-OH is 1. The van der Waals surface area contributed by atoms with Crippen LogP contribution in [0.2, 0.25) is 0 Å². The average Bonchev–Trinajstić information content (AvgIpc) is 2.80. The molecule has 0 spiro atoms. The second-order valence-corrected chi connectivity index (χ2v) is 7.32. The zero-order valence-electron chi connectivity index (χ0n) is 11.7. The highest BCUT2D eigenvalue weighted by Gasteiger charge is 2.17. The molecule has 20 heavy (non-hydrogen) atoms. The summed E-state index contributed by atoms with van der Waals surface area (Å²) in [6.07, 6.45) is 0.597. The topological polar surface area (TPSA) is 84.9 Å². The smallest absolute Gasteiger partial charge is 0.250 e. The summed E-state index contributed by atoms with van der Waals surface area (Å²) in [6, 6.07) is 1.58. The van der Waals surface area contributed by atoms with Crippen molar-refractivity contribution in [1.29, 1.82) is 0 Å². The first-order valence-corrected chi connectivity index (χ1v) is 8.57. The summed E-state index contributed by atoms with van der Waals surface area (Å²) in [4.78, 5) is 0.674. The Labute approximate surface area is 123 Å². The van der Waals surface area contributed by atoms with Crippen LogP contribution in [0.1, 0.15) is 16.9 Å². The molecule has 1 aromatic heterocycles. The molecule has 8 heteroatoms. The number of methoxy groups -OCH3 is 1. The van der Waals surface area contributed by atoms with Gasteiger partial charge in [0.2, 0.25) is 10.0 Å². The Kier molecular flexibility index (Phi) is 7.63. The van der Waals surface area contributed by atoms with E-state index in [0.29, 0.717) is 37.7 Å². The van der Waals surface area contributed by atoms with Gasteiger partial charge in [0.25, 0.3) is 0 Å². The van der Waals surface area contributed by atoms with Crippen LogP contribution in [-0.2, 0) is 26.1 Å². The number of hydrogen-bond acceptors (Lipinski definition) is 6. The van der Waals surface area contributed by atoms with Crippen LogP contribution in [0.4, 0.5) is 0 Å². The molecule has 0 bridgehead atoms. The summed E-state index contributed by atoms with van der Waals surface area (Å²) in [5, 5.41) is 9.08. The SMILES string of the molecule is COCCOCCCNS(=O)(=O)c1cc(C)c(CO)s1. The molecular weight excluding hydrogens is 302 g/mol. The molecule has 0 fully saturated rings. The van der Waals surface area contributed by atoms with E-state index in [1.807, 2.05) is 0 Å². The number of aliphatic hydroxyl groups is 1. The lowest BCUT2D eigenvalue weighted by molar-refractivity contribution is 0.0699. The minimum absolute atomic E-state index is 0.140. The Hall–Kier alpha value is -0.510. The van der Waals surface area contributed by atoms with Gasteiger partial charge in [-0.2, -0.15) is 0 Å². The third-order valence-electron chi connectivity index (χ3n) is 2.60. The summed E-state index contributed by atoms with van der Waals surface area (Å²) >= 11 is 1.09. The van der Waals surface area contributed by atoms with E-state index in [2.05, 4.69) is 4.72 Å². The predicted molar refractivity (Wildman–Crippen MR) is 77.5 cm³/mol. The molecule has 0 aliphatic rings. The van der Waals surface area contributed by atoms with Crippen molar-refractivity contribution in [3.05, 3.63) is 16.5 Å². The maximum atomic E-state index is 12.0. The first-order chi connectivity index (χ1) is 9.51. The van der Waals surface area contributed by atoms with Gasteiger partial charge in [-0.1, -0.05) is 0 Å². The molecule has 0 aromatic carbocycles. The Morgan fingerprint density at radius 1 is 1.35 bits per heavy atom. The number of aryl methyl sites for hydroxylation is 1. The molecule has 1 aromatic rings. The normalized spacial score (nSPS) is 11.9. The lowest BCUT2D eigenvalue weighted by Gasteiger charge is -2.05. The van der Waals surface area contributed by atoms with Crippen molar-refractivity contribution < 1.29 is 23.0 Å². The van der Waals surface area contributed by atoms with Gasteiger partial charge >= 0.3 is 0 Å². The van der Waals surface area contributed by atoms with Gasteiger partial charge in [-0.25, -0.2) is 13.1 Å². The Balaban J connectivity index is 2.38. The lowest BCUT2D eigenvalue weighted by Crippen LogP contribution is -2.25. The summed E-state index contributed by atoms with van der Waals surface area (Å²) in [6.45, 7) is 3.49. The van der Waals surface area contributed by atoms with Gasteiger partial charge in [0.1, 0.15) is 4.21 Å². The quantitative estimate of drug-likeness (QED) is 0.624. The van der Waals surface area contributed by atoms with Gasteiger partial charge < -0.3 is 14.6 Å². The molecule has 116 valence electrons. The highest BCUT2D eigenvalue weighted by atomic mass is 32.2. The number of rotatable bonds is 10. The zero-order chi connectivity index (χ0) is 15.0. The van der Waals surface area contributed by atoms with Crippen LogP contribution in [0.5, 0.6) is 0 Å². The number of hydrogen-bond donors (Lipinski definition) is 2. The molecule has 0 amide bonds. The third kappa shape index (κ3) is 5.47. The Bertz CT molecular complexity index is 498. The molecule has 0 saturated heterocycles. The van der Waals surface area contributed by atoms with Gasteiger partial charge in [0.05, 0.1) is 19.8 Å². The van der Waals surface area contributed by atoms with Crippen molar-refractivity contribution in [2.24, 2.45) is 0 Å². The van der Waals surface area contributed by atoms with Crippen LogP contribution < -0.4 is 4.72 Å². The van der Waals surface area contributed by atoms with Crippen LogP contribution in [-0.4, -0.2) is 47.0 Å².